The summed E-state index contributed by atoms with van der Waals surface area (Å²) in [5.74, 6) is 0.00222. The smallest absolute Gasteiger partial charge is 0.0982 e. The molecule has 4 aromatic rings. The minimum atomic E-state index is 0. The van der Waals surface area contributed by atoms with Crippen LogP contribution in [0.2, 0.25) is 0 Å². The Morgan fingerprint density at radius 3 is 1.25 bits per heavy atom. The second-order valence-corrected chi connectivity index (χ2v) is 5.43. The van der Waals surface area contributed by atoms with Gasteiger partial charge in [-0.15, -0.1) is 47.5 Å². The molecule has 0 aliphatic rings. The Hall–Kier alpha value is -2.41. The summed E-state index contributed by atoms with van der Waals surface area (Å²) in [4.78, 5) is 11.5. The van der Waals surface area contributed by atoms with Crippen molar-refractivity contribution >= 4 is 17.9 Å². The van der Waals surface area contributed by atoms with Crippen LogP contribution in [-0.4, -0.2) is 5.78 Å². The molecule has 0 bridgehead atoms. The molecule has 0 atom stereocenters. The summed E-state index contributed by atoms with van der Waals surface area (Å²) in [6.07, 6.45) is 6.79. The van der Waals surface area contributed by atoms with Crippen molar-refractivity contribution < 1.29 is 38.9 Å². The van der Waals surface area contributed by atoms with Gasteiger partial charge in [-0.1, -0.05) is 12.2 Å². The number of allylic oxidation sites excluding steroid dienone is 2. The molecular weight excluding hydrogens is 428 g/mol. The first kappa shape index (κ1) is 25.6. The Balaban J connectivity index is 0.000000500. The van der Waals surface area contributed by atoms with E-state index in [9.17, 15) is 4.79 Å². The Morgan fingerprint density at radius 1 is 0.607 bits per heavy atom. The van der Waals surface area contributed by atoms with Gasteiger partial charge in [0.1, 0.15) is 0 Å². The average Bonchev–Trinajstić information content (AvgIpc) is 3.49. The molecule has 4 aromatic carbocycles. The number of carbonyl (C=O) groups is 1. The van der Waals surface area contributed by atoms with E-state index in [0.29, 0.717) is 0 Å². The molecule has 28 heavy (non-hydrogen) atoms. The second-order valence-electron chi connectivity index (χ2n) is 5.43. The van der Waals surface area contributed by atoms with E-state index >= 15 is 0 Å². The normalized spacial score (nSPS) is 9.43. The first-order valence-electron chi connectivity index (χ1n) is 8.51. The Kier molecular flexibility index (Phi) is 15.3. The maximum Gasteiger partial charge on any atom is 0.0982 e. The average molecular weight is 450 g/mol. The van der Waals surface area contributed by atoms with Crippen LogP contribution < -0.4 is 0 Å². The van der Waals surface area contributed by atoms with Gasteiger partial charge in [0.25, 0.3) is 0 Å². The van der Waals surface area contributed by atoms with Crippen LogP contribution in [-0.2, 0) is 38.9 Å². The van der Waals surface area contributed by atoms with Crippen LogP contribution in [0.15, 0.2) is 121 Å². The van der Waals surface area contributed by atoms with Crippen molar-refractivity contribution in [2.75, 3.05) is 0 Å². The minimum absolute atomic E-state index is 0. The van der Waals surface area contributed by atoms with Crippen LogP contribution in [0.5, 0.6) is 0 Å². The zero-order valence-electron chi connectivity index (χ0n) is 15.3. The molecule has 3 heteroatoms. The number of carbonyl (C=O) groups excluding carboxylic acids is 1. The van der Waals surface area contributed by atoms with E-state index in [1.165, 1.54) is 0 Å². The van der Waals surface area contributed by atoms with Gasteiger partial charge in [0, 0.05) is 34.1 Å². The van der Waals surface area contributed by atoms with Crippen LogP contribution >= 0.6 is 0 Å². The van der Waals surface area contributed by atoms with Gasteiger partial charge in [0.15, 0.2) is 0 Å². The van der Waals surface area contributed by atoms with Crippen molar-refractivity contribution in [3.63, 3.8) is 0 Å². The number of rotatable bonds is 4. The van der Waals surface area contributed by atoms with Crippen molar-refractivity contribution in [2.24, 2.45) is 0 Å². The molecule has 0 spiro atoms. The van der Waals surface area contributed by atoms with Gasteiger partial charge >= 0.3 is 0 Å². The van der Waals surface area contributed by atoms with Gasteiger partial charge in [-0.25, -0.2) is 12.1 Å². The molecule has 0 N–H and O–H groups in total. The van der Waals surface area contributed by atoms with Gasteiger partial charge in [-0.3, -0.25) is 0 Å². The maximum absolute atomic E-state index is 11.5. The number of hydrogen-bond acceptors (Lipinski definition) is 1. The molecule has 0 amide bonds. The van der Waals surface area contributed by atoms with Crippen molar-refractivity contribution in [2.45, 2.75) is 0 Å². The summed E-state index contributed by atoms with van der Waals surface area (Å²) in [6, 6.07) is 35.6. The van der Waals surface area contributed by atoms with E-state index in [-0.39, 0.29) is 39.9 Å². The maximum atomic E-state index is 11.5. The molecule has 0 saturated heterocycles. The zero-order chi connectivity index (χ0) is 18.3. The summed E-state index contributed by atoms with van der Waals surface area (Å²) >= 11 is 0. The predicted molar refractivity (Wildman–Crippen MR) is 111 cm³/mol. The summed E-state index contributed by atoms with van der Waals surface area (Å²) in [5, 5.41) is 0. The fourth-order valence-corrected chi connectivity index (χ4v) is 2.05. The van der Waals surface area contributed by atoms with Crippen LogP contribution in [0, 0.1) is 0 Å². The monoisotopic (exact) mass is 450 g/mol. The van der Waals surface area contributed by atoms with E-state index in [2.05, 4.69) is 0 Å². The molecular formula is C25H22Fe2O-8. The molecule has 0 aromatic heterocycles. The molecule has 0 heterocycles. The second kappa shape index (κ2) is 16.7. The van der Waals surface area contributed by atoms with Crippen LogP contribution in [0.4, 0.5) is 0 Å². The van der Waals surface area contributed by atoms with E-state index < -0.39 is 0 Å². The largest absolute Gasteiger partial charge is 0.748 e. The third-order valence-corrected chi connectivity index (χ3v) is 3.37. The Labute approximate surface area is 188 Å². The summed E-state index contributed by atoms with van der Waals surface area (Å²) in [6.45, 7) is 0. The summed E-state index contributed by atoms with van der Waals surface area (Å²) < 4.78 is 0. The molecule has 152 valence electrons. The van der Waals surface area contributed by atoms with E-state index in [0.717, 1.165) is 11.1 Å². The van der Waals surface area contributed by atoms with Gasteiger partial charge in [-0.2, -0.15) is 42.5 Å². The van der Waals surface area contributed by atoms with Crippen LogP contribution in [0.1, 0.15) is 11.1 Å². The molecule has 0 saturated carbocycles. The van der Waals surface area contributed by atoms with Crippen molar-refractivity contribution in [3.8, 4) is 0 Å². The summed E-state index contributed by atoms with van der Waals surface area (Å²) in [5.41, 5.74) is 2.10. The van der Waals surface area contributed by atoms with Gasteiger partial charge < -0.3 is 35.1 Å². The fraction of sp³-hybridized carbons (Fsp3) is 0. The fourth-order valence-electron chi connectivity index (χ4n) is 2.05. The number of ketones is 1. The zero-order valence-corrected chi connectivity index (χ0v) is 17.5. The topological polar surface area (TPSA) is 17.1 Å². The van der Waals surface area contributed by atoms with Crippen molar-refractivity contribution in [1.29, 1.82) is 0 Å². The molecule has 0 fully saturated rings. The molecule has 0 radical (unpaired) electrons. The predicted octanol–water partition coefficient (Wildman–Crippen LogP) is 6.23. The Morgan fingerprint density at radius 2 is 0.964 bits per heavy atom. The van der Waals surface area contributed by atoms with Crippen molar-refractivity contribution in [1.82, 2.24) is 0 Å². The quantitative estimate of drug-likeness (QED) is 0.205. The SMILES string of the molecule is O=C(C=C[c-]1cccc1)C=C[c-]1cccc1.[Fe].[Fe].[cH-]1[cH-][cH-][cH-][cH-]1.c1cc[cH-]c1. The minimum Gasteiger partial charge on any atom is -0.748 e. The number of hydrogen-bond donors (Lipinski definition) is 0. The molecule has 0 aliphatic carbocycles. The standard InChI is InChI=1S/C15H12O.2C5H5.2Fe/c16-15(11-9-13-5-1-2-6-13)12-10-14-7-3-4-8-14;2*1-2-4-5-3-1;;/h1-12H;2*1-5H;;/q-2;-5;-1;;. The van der Waals surface area contributed by atoms with Crippen LogP contribution in [0.25, 0.3) is 12.2 Å². The molecule has 0 unspecified atom stereocenters. The van der Waals surface area contributed by atoms with Gasteiger partial charge in [0.05, 0.1) is 5.78 Å². The molecule has 1 nitrogen and oxygen atoms in total. The van der Waals surface area contributed by atoms with Gasteiger partial charge in [0.2, 0.25) is 0 Å². The molecule has 4 rings (SSSR count). The summed E-state index contributed by atoms with van der Waals surface area (Å²) in [7, 11) is 0. The van der Waals surface area contributed by atoms with Crippen molar-refractivity contribution in [3.05, 3.63) is 132 Å². The first-order chi connectivity index (χ1) is 12.8. The molecule has 0 aliphatic heterocycles. The van der Waals surface area contributed by atoms with E-state index in [4.69, 9.17) is 0 Å². The van der Waals surface area contributed by atoms with E-state index in [1.807, 2.05) is 121 Å². The third kappa shape index (κ3) is 12.1. The third-order valence-electron chi connectivity index (χ3n) is 3.37. The van der Waals surface area contributed by atoms with E-state index in [1.54, 1.807) is 12.2 Å². The van der Waals surface area contributed by atoms with Crippen LogP contribution in [0.3, 0.4) is 0 Å². The Bertz CT molecular complexity index is 725. The first-order valence-corrected chi connectivity index (χ1v) is 8.51. The van der Waals surface area contributed by atoms with Gasteiger partial charge in [-0.05, 0) is 0 Å².